The first-order chi connectivity index (χ1) is 8.81. The molecular weight excluding hydrogens is 242 g/mol. The van der Waals surface area contributed by atoms with Gasteiger partial charge in [0.1, 0.15) is 11.5 Å². The second kappa shape index (κ2) is 6.73. The van der Waals surface area contributed by atoms with Crippen molar-refractivity contribution < 1.29 is 9.21 Å². The molecule has 1 amide bonds. The van der Waals surface area contributed by atoms with Crippen LogP contribution < -0.4 is 11.1 Å². The molecule has 0 fully saturated rings. The minimum absolute atomic E-state index is 0.00794. The van der Waals surface area contributed by atoms with E-state index in [1.807, 2.05) is 51.8 Å². The standard InChI is InChI=1S/C14H25N3O2/c1-9(2)16-13(18)8-17(5)14(11(4)15)12-7-6-10(3)19-12/h6-7,9,11,14H,8,15H2,1-5H3,(H,16,18). The van der Waals surface area contributed by atoms with Crippen molar-refractivity contribution in [1.82, 2.24) is 10.2 Å². The first-order valence-electron chi connectivity index (χ1n) is 6.62. The minimum atomic E-state index is -0.123. The molecule has 5 nitrogen and oxygen atoms in total. The molecule has 3 N–H and O–H groups in total. The van der Waals surface area contributed by atoms with E-state index in [2.05, 4.69) is 5.32 Å². The maximum absolute atomic E-state index is 11.8. The quantitative estimate of drug-likeness (QED) is 0.818. The Bertz CT molecular complexity index is 413. The molecule has 0 aliphatic rings. The maximum Gasteiger partial charge on any atom is 0.234 e. The van der Waals surface area contributed by atoms with Gasteiger partial charge in [-0.25, -0.2) is 0 Å². The molecule has 2 unspecified atom stereocenters. The van der Waals surface area contributed by atoms with Crippen LogP contribution in [0.3, 0.4) is 0 Å². The van der Waals surface area contributed by atoms with E-state index < -0.39 is 0 Å². The highest BCUT2D eigenvalue weighted by atomic mass is 16.3. The van der Waals surface area contributed by atoms with Gasteiger partial charge in [0, 0.05) is 12.1 Å². The minimum Gasteiger partial charge on any atom is -0.465 e. The fraction of sp³-hybridized carbons (Fsp3) is 0.643. The van der Waals surface area contributed by atoms with E-state index >= 15 is 0 Å². The Morgan fingerprint density at radius 2 is 2.05 bits per heavy atom. The number of aryl methyl sites for hydroxylation is 1. The van der Waals surface area contributed by atoms with Crippen LogP contribution in [-0.4, -0.2) is 36.5 Å². The van der Waals surface area contributed by atoms with Gasteiger partial charge in [-0.3, -0.25) is 9.69 Å². The van der Waals surface area contributed by atoms with E-state index in [4.69, 9.17) is 10.2 Å². The first kappa shape index (κ1) is 15.7. The van der Waals surface area contributed by atoms with Gasteiger partial charge in [0.2, 0.25) is 5.91 Å². The summed E-state index contributed by atoms with van der Waals surface area (Å²) in [6, 6.07) is 3.74. The highest BCUT2D eigenvalue weighted by molar-refractivity contribution is 5.78. The summed E-state index contributed by atoms with van der Waals surface area (Å²) >= 11 is 0. The molecule has 0 spiro atoms. The number of nitrogens with one attached hydrogen (secondary N) is 1. The normalized spacial score (nSPS) is 14.7. The molecule has 2 atom stereocenters. The molecule has 0 aliphatic carbocycles. The monoisotopic (exact) mass is 267 g/mol. The van der Waals surface area contributed by atoms with Crippen molar-refractivity contribution in [2.75, 3.05) is 13.6 Å². The molecule has 0 saturated carbocycles. The van der Waals surface area contributed by atoms with Gasteiger partial charge in [-0.2, -0.15) is 0 Å². The lowest BCUT2D eigenvalue weighted by atomic mass is 10.1. The van der Waals surface area contributed by atoms with Crippen LogP contribution in [0.1, 0.15) is 38.3 Å². The number of rotatable bonds is 6. The summed E-state index contributed by atoms with van der Waals surface area (Å²) in [6.45, 7) is 7.99. The number of likely N-dealkylation sites (N-methyl/N-ethyl adjacent to an activating group) is 1. The van der Waals surface area contributed by atoms with Crippen LogP contribution in [0.15, 0.2) is 16.5 Å². The lowest BCUT2D eigenvalue weighted by Gasteiger charge is -2.29. The van der Waals surface area contributed by atoms with Crippen molar-refractivity contribution in [2.45, 2.75) is 45.8 Å². The molecule has 1 heterocycles. The Morgan fingerprint density at radius 1 is 1.42 bits per heavy atom. The molecule has 1 rings (SSSR count). The lowest BCUT2D eigenvalue weighted by Crippen LogP contribution is -2.44. The Kier molecular flexibility index (Phi) is 5.57. The van der Waals surface area contributed by atoms with E-state index in [0.717, 1.165) is 11.5 Å². The summed E-state index contributed by atoms with van der Waals surface area (Å²) < 4.78 is 5.64. The third kappa shape index (κ3) is 4.69. The van der Waals surface area contributed by atoms with E-state index in [9.17, 15) is 4.79 Å². The molecule has 0 bridgehead atoms. The highest BCUT2D eigenvalue weighted by Gasteiger charge is 2.25. The van der Waals surface area contributed by atoms with Crippen molar-refractivity contribution in [1.29, 1.82) is 0 Å². The summed E-state index contributed by atoms with van der Waals surface area (Å²) in [7, 11) is 1.88. The summed E-state index contributed by atoms with van der Waals surface area (Å²) in [5.41, 5.74) is 6.02. The van der Waals surface area contributed by atoms with Crippen LogP contribution >= 0.6 is 0 Å². The van der Waals surface area contributed by atoms with Crippen molar-refractivity contribution in [3.63, 3.8) is 0 Å². The Morgan fingerprint density at radius 3 is 2.47 bits per heavy atom. The zero-order valence-corrected chi connectivity index (χ0v) is 12.4. The molecule has 1 aromatic heterocycles. The number of nitrogens with two attached hydrogens (primary N) is 1. The molecule has 1 aromatic rings. The third-order valence-corrected chi connectivity index (χ3v) is 2.87. The number of amides is 1. The van der Waals surface area contributed by atoms with E-state index in [1.54, 1.807) is 0 Å². The number of carbonyl (C=O) groups is 1. The largest absolute Gasteiger partial charge is 0.465 e. The van der Waals surface area contributed by atoms with Gasteiger partial charge in [0.25, 0.3) is 0 Å². The van der Waals surface area contributed by atoms with Gasteiger partial charge < -0.3 is 15.5 Å². The predicted molar refractivity (Wildman–Crippen MR) is 75.7 cm³/mol. The number of nitrogens with zero attached hydrogens (tertiary/aromatic N) is 1. The smallest absolute Gasteiger partial charge is 0.234 e. The lowest BCUT2D eigenvalue weighted by molar-refractivity contribution is -0.123. The van der Waals surface area contributed by atoms with Crippen LogP contribution in [-0.2, 0) is 4.79 Å². The molecule has 0 aromatic carbocycles. The molecule has 0 radical (unpaired) electrons. The zero-order valence-electron chi connectivity index (χ0n) is 12.4. The molecular formula is C14H25N3O2. The Balaban J connectivity index is 2.74. The Hall–Kier alpha value is -1.33. The number of furan rings is 1. The van der Waals surface area contributed by atoms with Crippen LogP contribution in [0.4, 0.5) is 0 Å². The maximum atomic E-state index is 11.8. The average molecular weight is 267 g/mol. The van der Waals surface area contributed by atoms with Crippen molar-refractivity contribution in [3.05, 3.63) is 23.7 Å². The van der Waals surface area contributed by atoms with Gasteiger partial charge in [-0.05, 0) is 46.9 Å². The van der Waals surface area contributed by atoms with Gasteiger partial charge >= 0.3 is 0 Å². The van der Waals surface area contributed by atoms with Gasteiger partial charge in [0.05, 0.1) is 12.6 Å². The van der Waals surface area contributed by atoms with Crippen molar-refractivity contribution in [3.8, 4) is 0 Å². The van der Waals surface area contributed by atoms with Gasteiger partial charge in [-0.15, -0.1) is 0 Å². The average Bonchev–Trinajstić information content (AvgIpc) is 2.62. The second-order valence-corrected chi connectivity index (χ2v) is 5.39. The van der Waals surface area contributed by atoms with Gasteiger partial charge in [0.15, 0.2) is 0 Å². The fourth-order valence-electron chi connectivity index (χ4n) is 2.18. The summed E-state index contributed by atoms with van der Waals surface area (Å²) in [5, 5.41) is 2.87. The second-order valence-electron chi connectivity index (χ2n) is 5.39. The van der Waals surface area contributed by atoms with Crippen LogP contribution in [0.5, 0.6) is 0 Å². The van der Waals surface area contributed by atoms with Crippen molar-refractivity contribution >= 4 is 5.91 Å². The fourth-order valence-corrected chi connectivity index (χ4v) is 2.18. The van der Waals surface area contributed by atoms with Crippen LogP contribution in [0, 0.1) is 6.92 Å². The molecule has 0 aliphatic heterocycles. The topological polar surface area (TPSA) is 71.5 Å². The molecule has 5 heteroatoms. The van der Waals surface area contributed by atoms with E-state index in [0.29, 0.717) is 6.54 Å². The first-order valence-corrected chi connectivity index (χ1v) is 6.62. The summed E-state index contributed by atoms with van der Waals surface area (Å²) in [5.74, 6) is 1.64. The SMILES string of the molecule is Cc1ccc(C(C(C)N)N(C)CC(=O)NC(C)C)o1. The zero-order chi connectivity index (χ0) is 14.6. The summed E-state index contributed by atoms with van der Waals surface area (Å²) in [6.07, 6.45) is 0. The number of carbonyl (C=O) groups excluding carboxylic acids is 1. The molecule has 108 valence electrons. The summed E-state index contributed by atoms with van der Waals surface area (Å²) in [4.78, 5) is 13.7. The number of hydrogen-bond acceptors (Lipinski definition) is 4. The van der Waals surface area contributed by atoms with E-state index in [1.165, 1.54) is 0 Å². The molecule has 19 heavy (non-hydrogen) atoms. The molecule has 0 saturated heterocycles. The van der Waals surface area contributed by atoms with Gasteiger partial charge in [-0.1, -0.05) is 0 Å². The van der Waals surface area contributed by atoms with E-state index in [-0.39, 0.29) is 24.0 Å². The van der Waals surface area contributed by atoms with Crippen molar-refractivity contribution in [2.24, 2.45) is 5.73 Å². The predicted octanol–water partition coefficient (Wildman–Crippen LogP) is 1.43. The third-order valence-electron chi connectivity index (χ3n) is 2.87. The number of hydrogen-bond donors (Lipinski definition) is 2. The van der Waals surface area contributed by atoms with Crippen LogP contribution in [0.2, 0.25) is 0 Å². The highest BCUT2D eigenvalue weighted by Crippen LogP contribution is 2.23. The Labute approximate surface area is 115 Å². The van der Waals surface area contributed by atoms with Crippen LogP contribution in [0.25, 0.3) is 0 Å².